The van der Waals surface area contributed by atoms with Crippen molar-refractivity contribution in [1.29, 1.82) is 0 Å². The molecule has 100 valence electrons. The summed E-state index contributed by atoms with van der Waals surface area (Å²) in [5.74, 6) is -0.818. The molecule has 4 heteroatoms. The number of aliphatic carboxylic acids is 1. The summed E-state index contributed by atoms with van der Waals surface area (Å²) < 4.78 is 4.96. The molecule has 0 unspecified atom stereocenters. The van der Waals surface area contributed by atoms with Gasteiger partial charge in [0.05, 0.1) is 6.61 Å². The van der Waals surface area contributed by atoms with Crippen LogP contribution in [0.2, 0.25) is 0 Å². The lowest BCUT2D eigenvalue weighted by Gasteiger charge is -2.03. The second-order valence-electron chi connectivity index (χ2n) is 4.24. The summed E-state index contributed by atoms with van der Waals surface area (Å²) in [6.45, 7) is 2.50. The first-order chi connectivity index (χ1) is 8.16. The van der Waals surface area contributed by atoms with E-state index in [1.165, 1.54) is 0 Å². The van der Waals surface area contributed by atoms with E-state index in [4.69, 9.17) is 9.84 Å². The first-order valence-electron chi connectivity index (χ1n) is 6.54. The predicted octanol–water partition coefficient (Wildman–Crippen LogP) is 3.15. The van der Waals surface area contributed by atoms with Crippen LogP contribution in [0.1, 0.15) is 64.7 Å². The van der Waals surface area contributed by atoms with Gasteiger partial charge in [-0.15, -0.1) is 0 Å². The van der Waals surface area contributed by atoms with Crippen LogP contribution in [0.5, 0.6) is 0 Å². The Balaban J connectivity index is 3.12. The molecule has 0 fully saturated rings. The molecule has 0 aliphatic heterocycles. The van der Waals surface area contributed by atoms with E-state index in [1.54, 1.807) is 0 Å². The minimum atomic E-state index is -0.719. The van der Waals surface area contributed by atoms with E-state index in [0.29, 0.717) is 13.0 Å². The van der Waals surface area contributed by atoms with Crippen LogP contribution in [-0.4, -0.2) is 23.7 Å². The van der Waals surface area contributed by atoms with Gasteiger partial charge in [-0.2, -0.15) is 0 Å². The third-order valence-electron chi connectivity index (χ3n) is 2.49. The standard InChI is InChI=1S/C13H24O4/c1-2-11-17-13(16)10-8-6-4-3-5-7-9-12(14)15/h2-11H2,1H3,(H,14,15). The van der Waals surface area contributed by atoms with Crippen molar-refractivity contribution in [3.05, 3.63) is 0 Å². The van der Waals surface area contributed by atoms with Gasteiger partial charge in [0.15, 0.2) is 0 Å². The Kier molecular flexibility index (Phi) is 10.7. The molecule has 0 aliphatic rings. The number of unbranched alkanes of at least 4 members (excludes halogenated alkanes) is 5. The van der Waals surface area contributed by atoms with E-state index in [0.717, 1.165) is 44.9 Å². The van der Waals surface area contributed by atoms with Gasteiger partial charge in [-0.25, -0.2) is 0 Å². The average molecular weight is 244 g/mol. The lowest BCUT2D eigenvalue weighted by molar-refractivity contribution is -0.143. The molecule has 17 heavy (non-hydrogen) atoms. The predicted molar refractivity (Wildman–Crippen MR) is 65.8 cm³/mol. The zero-order valence-electron chi connectivity index (χ0n) is 10.7. The van der Waals surface area contributed by atoms with Gasteiger partial charge in [-0.1, -0.05) is 32.6 Å². The SMILES string of the molecule is CCCOC(=O)CCCCCCCCC(=O)O. The third kappa shape index (κ3) is 12.9. The number of esters is 1. The van der Waals surface area contributed by atoms with Gasteiger partial charge in [0, 0.05) is 12.8 Å². The van der Waals surface area contributed by atoms with E-state index >= 15 is 0 Å². The highest BCUT2D eigenvalue weighted by Gasteiger charge is 2.01. The second kappa shape index (κ2) is 11.4. The summed E-state index contributed by atoms with van der Waals surface area (Å²) in [6, 6.07) is 0. The molecule has 0 atom stereocenters. The Bertz CT molecular complexity index is 213. The van der Waals surface area contributed by atoms with Crippen molar-refractivity contribution in [3.63, 3.8) is 0 Å². The number of carboxylic acids is 1. The fourth-order valence-corrected chi connectivity index (χ4v) is 1.54. The fourth-order valence-electron chi connectivity index (χ4n) is 1.54. The van der Waals surface area contributed by atoms with Crippen LogP contribution in [0.4, 0.5) is 0 Å². The number of hydrogen-bond acceptors (Lipinski definition) is 3. The summed E-state index contributed by atoms with van der Waals surface area (Å²) in [5.41, 5.74) is 0. The van der Waals surface area contributed by atoms with Gasteiger partial charge in [-0.3, -0.25) is 9.59 Å². The molecular weight excluding hydrogens is 220 g/mol. The van der Waals surface area contributed by atoms with Crippen LogP contribution in [-0.2, 0) is 14.3 Å². The lowest BCUT2D eigenvalue weighted by Crippen LogP contribution is -2.04. The zero-order chi connectivity index (χ0) is 12.9. The maximum atomic E-state index is 11.1. The van der Waals surface area contributed by atoms with Crippen molar-refractivity contribution in [1.82, 2.24) is 0 Å². The number of carboxylic acid groups (broad SMARTS) is 1. The van der Waals surface area contributed by atoms with Crippen LogP contribution in [0.3, 0.4) is 0 Å². The average Bonchev–Trinajstić information content (AvgIpc) is 2.29. The van der Waals surface area contributed by atoms with Crippen LogP contribution < -0.4 is 0 Å². The quantitative estimate of drug-likeness (QED) is 0.448. The maximum Gasteiger partial charge on any atom is 0.305 e. The Hall–Kier alpha value is -1.06. The number of rotatable bonds is 11. The fraction of sp³-hybridized carbons (Fsp3) is 0.846. The van der Waals surface area contributed by atoms with Crippen molar-refractivity contribution >= 4 is 11.9 Å². The molecule has 0 radical (unpaired) electrons. The number of hydrogen-bond donors (Lipinski definition) is 1. The summed E-state index contributed by atoms with van der Waals surface area (Å²) >= 11 is 0. The van der Waals surface area contributed by atoms with Gasteiger partial charge in [0.2, 0.25) is 0 Å². The Morgan fingerprint density at radius 3 is 2.00 bits per heavy atom. The zero-order valence-corrected chi connectivity index (χ0v) is 10.7. The molecule has 0 spiro atoms. The molecule has 1 N–H and O–H groups in total. The molecular formula is C13H24O4. The van der Waals surface area contributed by atoms with Crippen LogP contribution in [0, 0.1) is 0 Å². The van der Waals surface area contributed by atoms with Crippen LogP contribution >= 0.6 is 0 Å². The molecule has 0 saturated carbocycles. The van der Waals surface area contributed by atoms with E-state index in [-0.39, 0.29) is 12.4 Å². The molecule has 0 aliphatic carbocycles. The minimum Gasteiger partial charge on any atom is -0.481 e. The molecule has 4 nitrogen and oxygen atoms in total. The van der Waals surface area contributed by atoms with E-state index in [1.807, 2.05) is 6.92 Å². The summed E-state index contributed by atoms with van der Waals surface area (Å²) in [5, 5.41) is 8.43. The molecule has 0 bridgehead atoms. The van der Waals surface area contributed by atoms with Crippen molar-refractivity contribution in [2.45, 2.75) is 64.7 Å². The normalized spacial score (nSPS) is 10.2. The van der Waals surface area contributed by atoms with Crippen molar-refractivity contribution in [2.75, 3.05) is 6.61 Å². The Morgan fingerprint density at radius 2 is 1.47 bits per heavy atom. The number of carbonyl (C=O) groups excluding carboxylic acids is 1. The van der Waals surface area contributed by atoms with Gasteiger partial charge < -0.3 is 9.84 Å². The summed E-state index contributed by atoms with van der Waals surface area (Å²) in [7, 11) is 0. The van der Waals surface area contributed by atoms with E-state index < -0.39 is 5.97 Å². The lowest BCUT2D eigenvalue weighted by atomic mass is 10.1. The highest BCUT2D eigenvalue weighted by atomic mass is 16.5. The molecule has 0 aromatic heterocycles. The largest absolute Gasteiger partial charge is 0.481 e. The highest BCUT2D eigenvalue weighted by molar-refractivity contribution is 5.69. The molecule has 0 heterocycles. The van der Waals surface area contributed by atoms with E-state index in [2.05, 4.69) is 0 Å². The first kappa shape index (κ1) is 15.9. The molecule has 0 amide bonds. The van der Waals surface area contributed by atoms with Crippen molar-refractivity contribution < 1.29 is 19.4 Å². The molecule has 0 rings (SSSR count). The first-order valence-corrected chi connectivity index (χ1v) is 6.54. The monoisotopic (exact) mass is 244 g/mol. The maximum absolute atomic E-state index is 11.1. The minimum absolute atomic E-state index is 0.0993. The van der Waals surface area contributed by atoms with Gasteiger partial charge in [0.25, 0.3) is 0 Å². The Labute approximate surface area is 103 Å². The topological polar surface area (TPSA) is 63.6 Å². The smallest absolute Gasteiger partial charge is 0.305 e. The summed E-state index contributed by atoms with van der Waals surface area (Å²) in [4.78, 5) is 21.4. The molecule has 0 aromatic carbocycles. The number of ether oxygens (including phenoxy) is 1. The van der Waals surface area contributed by atoms with E-state index in [9.17, 15) is 9.59 Å². The Morgan fingerprint density at radius 1 is 0.941 bits per heavy atom. The van der Waals surface area contributed by atoms with Crippen molar-refractivity contribution in [2.24, 2.45) is 0 Å². The van der Waals surface area contributed by atoms with Crippen LogP contribution in [0.25, 0.3) is 0 Å². The van der Waals surface area contributed by atoms with Gasteiger partial charge >= 0.3 is 11.9 Å². The van der Waals surface area contributed by atoms with Gasteiger partial charge in [0.1, 0.15) is 0 Å². The van der Waals surface area contributed by atoms with Crippen molar-refractivity contribution in [3.8, 4) is 0 Å². The highest BCUT2D eigenvalue weighted by Crippen LogP contribution is 2.09. The number of carbonyl (C=O) groups is 2. The van der Waals surface area contributed by atoms with Gasteiger partial charge in [-0.05, 0) is 19.3 Å². The molecule has 0 saturated heterocycles. The summed E-state index contributed by atoms with van der Waals surface area (Å²) in [6.07, 6.45) is 7.39. The molecule has 0 aromatic rings. The van der Waals surface area contributed by atoms with Crippen LogP contribution in [0.15, 0.2) is 0 Å². The third-order valence-corrected chi connectivity index (χ3v) is 2.49. The second-order valence-corrected chi connectivity index (χ2v) is 4.24.